The Hall–Kier alpha value is -0.950. The summed E-state index contributed by atoms with van der Waals surface area (Å²) in [6.07, 6.45) is 3.52. The van der Waals surface area contributed by atoms with Crippen LogP contribution >= 0.6 is 11.3 Å². The molecule has 0 radical (unpaired) electrons. The van der Waals surface area contributed by atoms with Gasteiger partial charge in [-0.1, -0.05) is 19.4 Å². The fraction of sp³-hybridized carbons (Fsp3) is 0.737. The maximum Gasteiger partial charge on any atom is 0.224 e. The molecule has 0 spiro atoms. The Morgan fingerprint density at radius 2 is 2.36 bits per heavy atom. The van der Waals surface area contributed by atoms with Gasteiger partial charge in [0.2, 0.25) is 5.91 Å². The summed E-state index contributed by atoms with van der Waals surface area (Å²) in [4.78, 5) is 15.7. The number of carbonyl (C=O) groups is 1. The van der Waals surface area contributed by atoms with Crippen LogP contribution in [0, 0.1) is 5.92 Å². The van der Waals surface area contributed by atoms with Crippen LogP contribution in [0.15, 0.2) is 17.5 Å². The van der Waals surface area contributed by atoms with E-state index in [1.807, 2.05) is 17.5 Å². The van der Waals surface area contributed by atoms with Crippen molar-refractivity contribution in [1.82, 2.24) is 10.2 Å². The highest BCUT2D eigenvalue weighted by molar-refractivity contribution is 7.09. The minimum absolute atomic E-state index is 0.0345. The fourth-order valence-corrected chi connectivity index (χ4v) is 3.83. The SMILES string of the molecule is CCCCNC(=O)C1CCC(C)N(CC(O)COCc2cccs2)C1. The largest absolute Gasteiger partial charge is 0.389 e. The molecule has 25 heavy (non-hydrogen) atoms. The molecule has 1 aromatic rings. The Bertz CT molecular complexity index is 495. The second-order valence-corrected chi connectivity index (χ2v) is 8.00. The number of rotatable bonds is 10. The summed E-state index contributed by atoms with van der Waals surface area (Å²) >= 11 is 1.66. The summed E-state index contributed by atoms with van der Waals surface area (Å²) in [6.45, 7) is 7.22. The number of carbonyl (C=O) groups excluding carboxylic acids is 1. The smallest absolute Gasteiger partial charge is 0.224 e. The first-order chi connectivity index (χ1) is 12.1. The Morgan fingerprint density at radius 1 is 1.52 bits per heavy atom. The van der Waals surface area contributed by atoms with E-state index < -0.39 is 6.10 Å². The third-order valence-electron chi connectivity index (χ3n) is 4.79. The van der Waals surface area contributed by atoms with Crippen molar-refractivity contribution in [3.8, 4) is 0 Å². The first kappa shape index (κ1) is 20.4. The van der Waals surface area contributed by atoms with Gasteiger partial charge in [-0.05, 0) is 37.6 Å². The van der Waals surface area contributed by atoms with Gasteiger partial charge >= 0.3 is 0 Å². The zero-order valence-electron chi connectivity index (χ0n) is 15.4. The monoisotopic (exact) mass is 368 g/mol. The first-order valence-electron chi connectivity index (χ1n) is 9.40. The minimum Gasteiger partial charge on any atom is -0.389 e. The number of ether oxygens (including phenoxy) is 1. The van der Waals surface area contributed by atoms with Crippen LogP contribution in [0.25, 0.3) is 0 Å². The molecule has 1 amide bonds. The number of hydrogen-bond acceptors (Lipinski definition) is 5. The number of likely N-dealkylation sites (tertiary alicyclic amines) is 1. The van der Waals surface area contributed by atoms with Crippen molar-refractivity contribution in [3.63, 3.8) is 0 Å². The highest BCUT2D eigenvalue weighted by Crippen LogP contribution is 2.22. The maximum atomic E-state index is 12.3. The number of unbranched alkanes of at least 4 members (excludes halogenated alkanes) is 1. The Morgan fingerprint density at radius 3 is 3.08 bits per heavy atom. The lowest BCUT2D eigenvalue weighted by Crippen LogP contribution is -2.49. The number of aliphatic hydroxyl groups excluding tert-OH is 1. The van der Waals surface area contributed by atoms with Gasteiger partial charge in [0.1, 0.15) is 0 Å². The van der Waals surface area contributed by atoms with E-state index in [9.17, 15) is 9.90 Å². The van der Waals surface area contributed by atoms with Gasteiger partial charge in [-0.25, -0.2) is 0 Å². The molecule has 1 fully saturated rings. The molecule has 5 nitrogen and oxygen atoms in total. The topological polar surface area (TPSA) is 61.8 Å². The van der Waals surface area contributed by atoms with Gasteiger partial charge in [-0.2, -0.15) is 0 Å². The van der Waals surface area contributed by atoms with Crippen molar-refractivity contribution < 1.29 is 14.6 Å². The number of nitrogens with one attached hydrogen (secondary N) is 1. The third kappa shape index (κ3) is 7.05. The molecular formula is C19H32N2O3S. The number of amides is 1. The second-order valence-electron chi connectivity index (χ2n) is 6.97. The summed E-state index contributed by atoms with van der Waals surface area (Å²) in [5, 5.41) is 15.3. The molecule has 0 aromatic carbocycles. The predicted octanol–water partition coefficient (Wildman–Crippen LogP) is 2.64. The van der Waals surface area contributed by atoms with Gasteiger partial charge in [-0.3, -0.25) is 9.69 Å². The molecular weight excluding hydrogens is 336 g/mol. The zero-order chi connectivity index (χ0) is 18.1. The van der Waals surface area contributed by atoms with E-state index in [0.717, 1.165) is 38.8 Å². The second kappa shape index (κ2) is 10.9. The summed E-state index contributed by atoms with van der Waals surface area (Å²) in [6, 6.07) is 4.43. The van der Waals surface area contributed by atoms with E-state index in [4.69, 9.17) is 4.74 Å². The molecule has 1 saturated heterocycles. The lowest BCUT2D eigenvalue weighted by molar-refractivity contribution is -0.127. The number of hydrogen-bond donors (Lipinski definition) is 2. The molecule has 1 aliphatic heterocycles. The van der Waals surface area contributed by atoms with Crippen LogP contribution in [-0.4, -0.2) is 54.3 Å². The number of aliphatic hydroxyl groups is 1. The molecule has 6 heteroatoms. The molecule has 1 aliphatic rings. The fourth-order valence-electron chi connectivity index (χ4n) is 3.19. The molecule has 2 rings (SSSR count). The average molecular weight is 369 g/mol. The number of thiophene rings is 1. The van der Waals surface area contributed by atoms with Crippen LogP contribution in [0.4, 0.5) is 0 Å². The third-order valence-corrected chi connectivity index (χ3v) is 5.64. The van der Waals surface area contributed by atoms with Crippen LogP contribution in [-0.2, 0) is 16.1 Å². The summed E-state index contributed by atoms with van der Waals surface area (Å²) in [5.41, 5.74) is 0. The Kier molecular flexibility index (Phi) is 8.89. The van der Waals surface area contributed by atoms with E-state index in [1.54, 1.807) is 11.3 Å². The summed E-state index contributed by atoms with van der Waals surface area (Å²) in [5.74, 6) is 0.195. The maximum absolute atomic E-state index is 12.3. The molecule has 2 N–H and O–H groups in total. The van der Waals surface area contributed by atoms with Gasteiger partial charge in [-0.15, -0.1) is 11.3 Å². The van der Waals surface area contributed by atoms with Crippen molar-refractivity contribution >= 4 is 17.2 Å². The quantitative estimate of drug-likeness (QED) is 0.623. The molecule has 0 bridgehead atoms. The van der Waals surface area contributed by atoms with E-state index >= 15 is 0 Å². The van der Waals surface area contributed by atoms with Crippen LogP contribution < -0.4 is 5.32 Å². The molecule has 3 atom stereocenters. The Labute approximate surface area is 155 Å². The van der Waals surface area contributed by atoms with Crippen molar-refractivity contribution in [2.24, 2.45) is 5.92 Å². The normalized spacial score (nSPS) is 22.7. The van der Waals surface area contributed by atoms with Gasteiger partial charge in [0.15, 0.2) is 0 Å². The van der Waals surface area contributed by atoms with E-state index in [1.165, 1.54) is 4.88 Å². The standard InChI is InChI=1S/C19H32N2O3S/c1-3-4-9-20-19(23)16-8-7-15(2)21(11-16)12-17(22)13-24-14-18-6-5-10-25-18/h5-6,10,15-17,22H,3-4,7-9,11-14H2,1-2H3,(H,20,23). The van der Waals surface area contributed by atoms with Gasteiger partial charge in [0.25, 0.3) is 0 Å². The van der Waals surface area contributed by atoms with Crippen molar-refractivity contribution in [3.05, 3.63) is 22.4 Å². The average Bonchev–Trinajstić information content (AvgIpc) is 3.10. The van der Waals surface area contributed by atoms with Crippen molar-refractivity contribution in [1.29, 1.82) is 0 Å². The van der Waals surface area contributed by atoms with Crippen molar-refractivity contribution in [2.75, 3.05) is 26.2 Å². The predicted molar refractivity (Wildman–Crippen MR) is 102 cm³/mol. The number of nitrogens with zero attached hydrogens (tertiary/aromatic N) is 1. The first-order valence-corrected chi connectivity index (χ1v) is 10.3. The van der Waals surface area contributed by atoms with Gasteiger partial charge in [0, 0.05) is 30.6 Å². The van der Waals surface area contributed by atoms with E-state index in [2.05, 4.69) is 24.1 Å². The van der Waals surface area contributed by atoms with Gasteiger partial charge in [0.05, 0.1) is 25.2 Å². The van der Waals surface area contributed by atoms with E-state index in [0.29, 0.717) is 25.8 Å². The highest BCUT2D eigenvalue weighted by atomic mass is 32.1. The molecule has 0 saturated carbocycles. The lowest BCUT2D eigenvalue weighted by Gasteiger charge is -2.38. The molecule has 0 aliphatic carbocycles. The lowest BCUT2D eigenvalue weighted by atomic mass is 9.92. The number of piperidine rings is 1. The van der Waals surface area contributed by atoms with Crippen LogP contribution in [0.2, 0.25) is 0 Å². The molecule has 2 heterocycles. The van der Waals surface area contributed by atoms with E-state index in [-0.39, 0.29) is 11.8 Å². The minimum atomic E-state index is -0.524. The van der Waals surface area contributed by atoms with Gasteiger partial charge < -0.3 is 15.2 Å². The van der Waals surface area contributed by atoms with Crippen molar-refractivity contribution in [2.45, 2.75) is 58.3 Å². The van der Waals surface area contributed by atoms with Crippen LogP contribution in [0.3, 0.4) is 0 Å². The number of β-amino-alcohol motifs (C(OH)–C–C–N with tert-alkyl or cyclic N) is 1. The van der Waals surface area contributed by atoms with Crippen LogP contribution in [0.1, 0.15) is 44.4 Å². The Balaban J connectivity index is 1.71. The van der Waals surface area contributed by atoms with Crippen LogP contribution in [0.5, 0.6) is 0 Å². The molecule has 3 unspecified atom stereocenters. The summed E-state index contributed by atoms with van der Waals surface area (Å²) < 4.78 is 5.61. The molecule has 1 aromatic heterocycles. The summed E-state index contributed by atoms with van der Waals surface area (Å²) in [7, 11) is 0. The highest BCUT2D eigenvalue weighted by Gasteiger charge is 2.30. The molecule has 142 valence electrons. The zero-order valence-corrected chi connectivity index (χ0v) is 16.3.